The Kier molecular flexibility index (Phi) is 5.36. The Morgan fingerprint density at radius 2 is 2.06 bits per heavy atom. The summed E-state index contributed by atoms with van der Waals surface area (Å²) in [6.45, 7) is 3.15. The Balaban J connectivity index is 2.26. The Morgan fingerprint density at radius 1 is 1.38 bits per heavy atom. The monoisotopic (exact) mass is 223 g/mol. The molecule has 1 rings (SSSR count). The third-order valence-corrected chi connectivity index (χ3v) is 2.00. The van der Waals surface area contributed by atoms with Crippen LogP contribution in [0, 0.1) is 5.92 Å². The van der Waals surface area contributed by atoms with Gasteiger partial charge < -0.3 is 14.8 Å². The molecule has 0 aliphatic rings. The maximum absolute atomic E-state index is 11.3. The van der Waals surface area contributed by atoms with E-state index in [9.17, 15) is 4.79 Å². The summed E-state index contributed by atoms with van der Waals surface area (Å²) in [5, 5.41) is 2.67. The molecule has 0 heterocycles. The summed E-state index contributed by atoms with van der Waals surface area (Å²) >= 11 is 0. The minimum atomic E-state index is -0.436. The molecule has 1 aromatic rings. The average molecular weight is 223 g/mol. The first-order valence-electron chi connectivity index (χ1n) is 5.22. The molecule has 0 bridgehead atoms. The Morgan fingerprint density at radius 3 is 2.69 bits per heavy atom. The Labute approximate surface area is 95.6 Å². The minimum absolute atomic E-state index is 0.272. The number of carbonyl (C=O) groups is 1. The number of nitrogens with one attached hydrogen (secondary N) is 1. The van der Waals surface area contributed by atoms with Crippen LogP contribution < -0.4 is 10.1 Å². The van der Waals surface area contributed by atoms with E-state index in [1.54, 1.807) is 19.2 Å². The van der Waals surface area contributed by atoms with Crippen molar-refractivity contribution in [1.29, 1.82) is 0 Å². The topological polar surface area (TPSA) is 47.6 Å². The van der Waals surface area contributed by atoms with Gasteiger partial charge in [-0.25, -0.2) is 4.79 Å². The zero-order valence-electron chi connectivity index (χ0n) is 9.60. The number of hydrogen-bond acceptors (Lipinski definition) is 3. The summed E-state index contributed by atoms with van der Waals surface area (Å²) in [5.41, 5.74) is 0. The number of amides is 1. The van der Waals surface area contributed by atoms with Gasteiger partial charge in [-0.3, -0.25) is 0 Å². The first kappa shape index (κ1) is 12.5. The zero-order chi connectivity index (χ0) is 11.8. The summed E-state index contributed by atoms with van der Waals surface area (Å²) in [6, 6.07) is 8.97. The molecular weight excluding hydrogens is 206 g/mol. The first-order chi connectivity index (χ1) is 7.72. The molecule has 0 aliphatic heterocycles. The molecule has 0 fully saturated rings. The highest BCUT2D eigenvalue weighted by molar-refractivity contribution is 5.70. The quantitative estimate of drug-likeness (QED) is 0.831. The van der Waals surface area contributed by atoms with E-state index in [-0.39, 0.29) is 5.92 Å². The van der Waals surface area contributed by atoms with Crippen LogP contribution in [0.1, 0.15) is 6.92 Å². The summed E-state index contributed by atoms with van der Waals surface area (Å²) in [6.07, 6.45) is -0.436. The van der Waals surface area contributed by atoms with Crippen LogP contribution >= 0.6 is 0 Å². The summed E-state index contributed by atoms with van der Waals surface area (Å²) < 4.78 is 10.0. The van der Waals surface area contributed by atoms with E-state index in [4.69, 9.17) is 9.47 Å². The van der Waals surface area contributed by atoms with Gasteiger partial charge in [0.2, 0.25) is 0 Å². The van der Waals surface area contributed by atoms with Crippen molar-refractivity contribution < 1.29 is 14.3 Å². The van der Waals surface area contributed by atoms with E-state index in [0.29, 0.717) is 18.9 Å². The molecule has 16 heavy (non-hydrogen) atoms. The van der Waals surface area contributed by atoms with Gasteiger partial charge >= 0.3 is 6.09 Å². The minimum Gasteiger partial charge on any atom is -0.410 e. The van der Waals surface area contributed by atoms with Gasteiger partial charge in [0.25, 0.3) is 0 Å². The zero-order valence-corrected chi connectivity index (χ0v) is 9.60. The van der Waals surface area contributed by atoms with Crippen molar-refractivity contribution in [2.75, 3.05) is 20.3 Å². The molecule has 4 heteroatoms. The lowest BCUT2D eigenvalue weighted by Gasteiger charge is -2.11. The number of benzene rings is 1. The summed E-state index contributed by atoms with van der Waals surface area (Å²) in [4.78, 5) is 11.3. The van der Waals surface area contributed by atoms with E-state index in [2.05, 4.69) is 5.32 Å². The molecule has 0 saturated heterocycles. The number of methoxy groups -OCH3 is 1. The normalized spacial score (nSPS) is 11.9. The van der Waals surface area contributed by atoms with Crippen LogP contribution in [-0.4, -0.2) is 26.4 Å². The van der Waals surface area contributed by atoms with Crippen molar-refractivity contribution in [2.24, 2.45) is 5.92 Å². The van der Waals surface area contributed by atoms with Crippen molar-refractivity contribution in [1.82, 2.24) is 5.32 Å². The lowest BCUT2D eigenvalue weighted by molar-refractivity contribution is 0.155. The molecular formula is C12H17NO3. The second-order valence-corrected chi connectivity index (χ2v) is 3.64. The van der Waals surface area contributed by atoms with Crippen molar-refractivity contribution in [3.8, 4) is 5.75 Å². The number of hydrogen-bond donors (Lipinski definition) is 1. The maximum Gasteiger partial charge on any atom is 0.412 e. The van der Waals surface area contributed by atoms with E-state index < -0.39 is 6.09 Å². The molecule has 0 saturated carbocycles. The molecule has 0 spiro atoms. The molecule has 88 valence electrons. The lowest BCUT2D eigenvalue weighted by atomic mass is 10.2. The van der Waals surface area contributed by atoms with E-state index in [1.165, 1.54) is 0 Å². The third kappa shape index (κ3) is 4.79. The van der Waals surface area contributed by atoms with Crippen molar-refractivity contribution in [3.05, 3.63) is 30.3 Å². The van der Waals surface area contributed by atoms with Crippen LogP contribution in [0.4, 0.5) is 4.79 Å². The number of carbonyl (C=O) groups excluding carboxylic acids is 1. The fourth-order valence-corrected chi connectivity index (χ4v) is 1.23. The van der Waals surface area contributed by atoms with Gasteiger partial charge in [-0.2, -0.15) is 0 Å². The first-order valence-corrected chi connectivity index (χ1v) is 5.22. The fourth-order valence-electron chi connectivity index (χ4n) is 1.23. The highest BCUT2D eigenvalue weighted by Gasteiger charge is 2.06. The van der Waals surface area contributed by atoms with Crippen LogP contribution in [0.3, 0.4) is 0 Å². The van der Waals surface area contributed by atoms with E-state index in [0.717, 1.165) is 0 Å². The van der Waals surface area contributed by atoms with Crippen molar-refractivity contribution in [3.63, 3.8) is 0 Å². The van der Waals surface area contributed by atoms with Gasteiger partial charge in [-0.1, -0.05) is 25.1 Å². The van der Waals surface area contributed by atoms with Gasteiger partial charge in [0.15, 0.2) is 0 Å². The van der Waals surface area contributed by atoms with Gasteiger partial charge in [-0.15, -0.1) is 0 Å². The molecule has 0 aliphatic carbocycles. The fraction of sp³-hybridized carbons (Fsp3) is 0.417. The summed E-state index contributed by atoms with van der Waals surface area (Å²) in [5.74, 6) is 0.813. The van der Waals surface area contributed by atoms with Crippen LogP contribution in [-0.2, 0) is 4.74 Å². The van der Waals surface area contributed by atoms with Gasteiger partial charge in [0.05, 0.1) is 6.61 Å². The van der Waals surface area contributed by atoms with E-state index >= 15 is 0 Å². The predicted molar refractivity (Wildman–Crippen MR) is 61.5 cm³/mol. The largest absolute Gasteiger partial charge is 0.412 e. The molecule has 4 nitrogen and oxygen atoms in total. The average Bonchev–Trinajstić information content (AvgIpc) is 2.28. The van der Waals surface area contributed by atoms with Gasteiger partial charge in [0.1, 0.15) is 5.75 Å². The predicted octanol–water partition coefficient (Wildman–Crippen LogP) is 2.06. The molecule has 1 N–H and O–H groups in total. The highest BCUT2D eigenvalue weighted by Crippen LogP contribution is 2.08. The Hall–Kier alpha value is -1.55. The molecule has 1 atom stereocenters. The highest BCUT2D eigenvalue weighted by atomic mass is 16.6. The van der Waals surface area contributed by atoms with Crippen molar-refractivity contribution in [2.45, 2.75) is 6.92 Å². The molecule has 0 aromatic heterocycles. The second kappa shape index (κ2) is 6.85. The molecule has 0 radical (unpaired) electrons. The number of rotatable bonds is 5. The number of para-hydroxylation sites is 1. The summed E-state index contributed by atoms with van der Waals surface area (Å²) in [7, 11) is 1.64. The molecule has 1 aromatic carbocycles. The van der Waals surface area contributed by atoms with Crippen LogP contribution in [0.25, 0.3) is 0 Å². The van der Waals surface area contributed by atoms with Crippen LogP contribution in [0.5, 0.6) is 5.75 Å². The second-order valence-electron chi connectivity index (χ2n) is 3.64. The van der Waals surface area contributed by atoms with Crippen LogP contribution in [0.15, 0.2) is 30.3 Å². The van der Waals surface area contributed by atoms with Gasteiger partial charge in [-0.05, 0) is 18.1 Å². The third-order valence-electron chi connectivity index (χ3n) is 2.00. The Bertz CT molecular complexity index is 313. The molecule has 1 unspecified atom stereocenters. The smallest absolute Gasteiger partial charge is 0.410 e. The number of ether oxygens (including phenoxy) is 2. The van der Waals surface area contributed by atoms with Crippen molar-refractivity contribution >= 4 is 6.09 Å². The SMILES string of the molecule is COCC(C)CNC(=O)Oc1ccccc1. The standard InChI is InChI=1S/C12H17NO3/c1-10(9-15-2)8-13-12(14)16-11-6-4-3-5-7-11/h3-7,10H,8-9H2,1-2H3,(H,13,14). The van der Waals surface area contributed by atoms with E-state index in [1.807, 2.05) is 25.1 Å². The van der Waals surface area contributed by atoms with Crippen LogP contribution in [0.2, 0.25) is 0 Å². The van der Waals surface area contributed by atoms with Gasteiger partial charge in [0, 0.05) is 13.7 Å². The maximum atomic E-state index is 11.3. The lowest BCUT2D eigenvalue weighted by Crippen LogP contribution is -2.32. The molecule has 1 amide bonds.